The quantitative estimate of drug-likeness (QED) is 0.196. The van der Waals surface area contributed by atoms with Crippen LogP contribution >= 0.6 is 22.6 Å². The Bertz CT molecular complexity index is 612. The predicted molar refractivity (Wildman–Crippen MR) is 72.6 cm³/mol. The second-order valence-electron chi connectivity index (χ2n) is 4.19. The molecule has 1 aliphatic carbocycles. The van der Waals surface area contributed by atoms with Crippen LogP contribution in [0.25, 0.3) is 0 Å². The zero-order valence-electron chi connectivity index (χ0n) is 11.1. The standard InChI is InChI=1S/C9H8F5I.CHF3O3S/c1-2-3-9(15)7(13)5(11)4(10)6(12)8(9)14;2-1(3,4)8(5,6)7/h7H,2-3H2,1H3;(H,5,6,7). The topological polar surface area (TPSA) is 54.4 Å². The molecule has 136 valence electrons. The number of hydrogen-bond acceptors (Lipinski definition) is 2. The van der Waals surface area contributed by atoms with Crippen molar-refractivity contribution in [3.63, 3.8) is 0 Å². The number of alkyl halides is 5. The van der Waals surface area contributed by atoms with E-state index in [0.29, 0.717) is 6.42 Å². The first-order valence-electron chi connectivity index (χ1n) is 5.59. The van der Waals surface area contributed by atoms with E-state index in [2.05, 4.69) is 0 Å². The molecule has 0 spiro atoms. The summed E-state index contributed by atoms with van der Waals surface area (Å²) in [6.07, 6.45) is -2.24. The Morgan fingerprint density at radius 3 is 1.87 bits per heavy atom. The molecule has 2 unspecified atom stereocenters. The minimum absolute atomic E-state index is 0.103. The first kappa shape index (κ1) is 22.6. The van der Waals surface area contributed by atoms with Crippen LogP contribution in [-0.2, 0) is 10.1 Å². The summed E-state index contributed by atoms with van der Waals surface area (Å²) < 4.78 is 121. The van der Waals surface area contributed by atoms with Crippen molar-refractivity contribution >= 4 is 32.7 Å². The molecule has 2 atom stereocenters. The SMILES string of the molecule is CCCC1(I)C(F)=C(F)C(F)=C(F)C1F.O=S(=O)(O)C(F)(F)F. The summed E-state index contributed by atoms with van der Waals surface area (Å²) in [5, 5.41) is 0. The Morgan fingerprint density at radius 2 is 1.57 bits per heavy atom. The van der Waals surface area contributed by atoms with Crippen molar-refractivity contribution in [1.29, 1.82) is 0 Å². The highest BCUT2D eigenvalue weighted by atomic mass is 127. The number of rotatable bonds is 2. The van der Waals surface area contributed by atoms with Crippen LogP contribution in [0.2, 0.25) is 0 Å². The summed E-state index contributed by atoms with van der Waals surface area (Å²) in [7, 11) is -5.84. The van der Waals surface area contributed by atoms with Gasteiger partial charge in [-0.05, 0) is 6.42 Å². The molecule has 1 N–H and O–H groups in total. The van der Waals surface area contributed by atoms with Crippen LogP contribution in [0, 0.1) is 0 Å². The molecular formula is C10H9F8IO3S. The van der Waals surface area contributed by atoms with Crippen molar-refractivity contribution in [2.75, 3.05) is 0 Å². The van der Waals surface area contributed by atoms with E-state index in [9.17, 15) is 35.1 Å². The highest BCUT2D eigenvalue weighted by Gasteiger charge is 2.50. The lowest BCUT2D eigenvalue weighted by atomic mass is 9.91. The average molecular weight is 488 g/mol. The van der Waals surface area contributed by atoms with Gasteiger partial charge in [0.2, 0.25) is 0 Å². The highest BCUT2D eigenvalue weighted by Crippen LogP contribution is 2.49. The fourth-order valence-electron chi connectivity index (χ4n) is 1.41. The zero-order valence-corrected chi connectivity index (χ0v) is 14.0. The average Bonchev–Trinajstić information content (AvgIpc) is 2.40. The number of halogens is 9. The molecule has 0 aromatic heterocycles. The minimum Gasteiger partial charge on any atom is -0.279 e. The number of hydrogen-bond donors (Lipinski definition) is 1. The van der Waals surface area contributed by atoms with Crippen molar-refractivity contribution < 1.29 is 48.1 Å². The molecule has 0 radical (unpaired) electrons. The molecule has 0 fully saturated rings. The van der Waals surface area contributed by atoms with Gasteiger partial charge in [-0.3, -0.25) is 4.55 Å². The van der Waals surface area contributed by atoms with Crippen molar-refractivity contribution in [3.05, 3.63) is 23.3 Å². The van der Waals surface area contributed by atoms with E-state index >= 15 is 0 Å². The molecule has 0 saturated heterocycles. The first-order valence-corrected chi connectivity index (χ1v) is 8.11. The molecule has 1 rings (SSSR count). The molecule has 1 aliphatic rings. The van der Waals surface area contributed by atoms with Gasteiger partial charge in [0.15, 0.2) is 29.5 Å². The molecule has 0 bridgehead atoms. The third kappa shape index (κ3) is 5.01. The fraction of sp³-hybridized carbons (Fsp3) is 0.600. The third-order valence-corrected chi connectivity index (χ3v) is 4.64. The van der Waals surface area contributed by atoms with Crippen LogP contribution in [0.3, 0.4) is 0 Å². The summed E-state index contributed by atoms with van der Waals surface area (Å²) in [5.41, 5.74) is -5.53. The van der Waals surface area contributed by atoms with Crippen LogP contribution in [-0.4, -0.2) is 28.1 Å². The van der Waals surface area contributed by atoms with Crippen molar-refractivity contribution in [2.24, 2.45) is 0 Å². The first-order chi connectivity index (χ1) is 10.1. The second kappa shape index (κ2) is 7.63. The minimum atomic E-state index is -5.84. The van der Waals surface area contributed by atoms with Crippen LogP contribution < -0.4 is 0 Å². The van der Waals surface area contributed by atoms with E-state index in [1.807, 2.05) is 0 Å². The van der Waals surface area contributed by atoms with Crippen LogP contribution in [0.4, 0.5) is 35.1 Å². The summed E-state index contributed by atoms with van der Waals surface area (Å²) >= 11 is 1.29. The van der Waals surface area contributed by atoms with Gasteiger partial charge in [-0.15, -0.1) is 0 Å². The lowest BCUT2D eigenvalue weighted by Gasteiger charge is -2.31. The van der Waals surface area contributed by atoms with Gasteiger partial charge < -0.3 is 0 Å². The van der Waals surface area contributed by atoms with E-state index in [1.165, 1.54) is 22.6 Å². The van der Waals surface area contributed by atoms with Gasteiger partial charge in [0.05, 0.1) is 0 Å². The summed E-state index contributed by atoms with van der Waals surface area (Å²) in [5.74, 6) is -7.42. The van der Waals surface area contributed by atoms with Gasteiger partial charge in [0, 0.05) is 0 Å². The molecule has 0 amide bonds. The van der Waals surface area contributed by atoms with E-state index < -0.39 is 48.5 Å². The van der Waals surface area contributed by atoms with E-state index in [-0.39, 0.29) is 6.42 Å². The zero-order chi connectivity index (χ0) is 18.8. The highest BCUT2D eigenvalue weighted by molar-refractivity contribution is 14.1. The molecule has 0 aromatic rings. The molecule has 0 saturated carbocycles. The molecule has 3 nitrogen and oxygen atoms in total. The van der Waals surface area contributed by atoms with Gasteiger partial charge in [0.1, 0.15) is 3.42 Å². The Balaban J connectivity index is 0.000000515. The predicted octanol–water partition coefficient (Wildman–Crippen LogP) is 5.01. The van der Waals surface area contributed by atoms with Gasteiger partial charge in [-0.25, -0.2) is 22.0 Å². The van der Waals surface area contributed by atoms with Gasteiger partial charge in [0.25, 0.3) is 0 Å². The summed E-state index contributed by atoms with van der Waals surface area (Å²) in [6, 6.07) is 0. The van der Waals surface area contributed by atoms with E-state index in [4.69, 9.17) is 13.0 Å². The van der Waals surface area contributed by atoms with Gasteiger partial charge >= 0.3 is 15.6 Å². The Morgan fingerprint density at radius 1 is 1.17 bits per heavy atom. The monoisotopic (exact) mass is 488 g/mol. The Labute approximate surface area is 139 Å². The largest absolute Gasteiger partial charge is 0.522 e. The normalized spacial score (nSPS) is 26.1. The van der Waals surface area contributed by atoms with E-state index in [0.717, 1.165) is 0 Å². The van der Waals surface area contributed by atoms with Crippen LogP contribution in [0.15, 0.2) is 23.3 Å². The molecule has 0 aromatic carbocycles. The van der Waals surface area contributed by atoms with E-state index in [1.54, 1.807) is 6.92 Å². The maximum atomic E-state index is 13.4. The maximum absolute atomic E-state index is 13.4. The Kier molecular flexibility index (Phi) is 7.48. The second-order valence-corrected chi connectivity index (χ2v) is 7.52. The fourth-order valence-corrected chi connectivity index (χ4v) is 2.46. The van der Waals surface area contributed by atoms with Crippen LogP contribution in [0.5, 0.6) is 0 Å². The van der Waals surface area contributed by atoms with Gasteiger partial charge in [-0.2, -0.15) is 21.6 Å². The van der Waals surface area contributed by atoms with Crippen LogP contribution in [0.1, 0.15) is 19.8 Å². The molecule has 13 heteroatoms. The van der Waals surface area contributed by atoms with Crippen molar-refractivity contribution in [1.82, 2.24) is 0 Å². The molecule has 0 heterocycles. The smallest absolute Gasteiger partial charge is 0.279 e. The third-order valence-electron chi connectivity index (χ3n) is 2.49. The lowest BCUT2D eigenvalue weighted by molar-refractivity contribution is -0.0510. The molecular weight excluding hydrogens is 479 g/mol. The Hall–Kier alpha value is -0.440. The number of allylic oxidation sites excluding steroid dienone is 4. The summed E-state index contributed by atoms with van der Waals surface area (Å²) in [6.45, 7) is 1.62. The lowest BCUT2D eigenvalue weighted by Crippen LogP contribution is -2.37. The summed E-state index contributed by atoms with van der Waals surface area (Å²) in [4.78, 5) is 0. The maximum Gasteiger partial charge on any atom is 0.522 e. The van der Waals surface area contributed by atoms with Gasteiger partial charge in [-0.1, -0.05) is 35.9 Å². The molecule has 23 heavy (non-hydrogen) atoms. The molecule has 0 aliphatic heterocycles. The van der Waals surface area contributed by atoms with Crippen molar-refractivity contribution in [3.8, 4) is 0 Å². The van der Waals surface area contributed by atoms with Crippen molar-refractivity contribution in [2.45, 2.75) is 34.9 Å².